The molecule has 2 aromatic heterocycles. The van der Waals surface area contributed by atoms with Crippen LogP contribution in [0.3, 0.4) is 0 Å². The summed E-state index contributed by atoms with van der Waals surface area (Å²) in [6.07, 6.45) is -4.51. The number of hydrogen-bond donors (Lipinski definition) is 6. The van der Waals surface area contributed by atoms with E-state index < -0.39 is 43.2 Å². The van der Waals surface area contributed by atoms with Gasteiger partial charge in [-0.1, -0.05) is 11.8 Å². The Morgan fingerprint density at radius 3 is 2.62 bits per heavy atom. The second-order valence-electron chi connectivity index (χ2n) is 7.53. The fourth-order valence-corrected chi connectivity index (χ4v) is 4.36. The molecule has 4 rings (SSSR count). The quantitative estimate of drug-likeness (QED) is 0.203. The molecule has 1 aliphatic rings. The Bertz CT molecular complexity index is 1160. The molecular weight excluding hydrogens is 470 g/mol. The lowest BCUT2D eigenvalue weighted by Gasteiger charge is -2.19. The van der Waals surface area contributed by atoms with E-state index in [9.17, 15) is 25.2 Å². The predicted octanol–water partition coefficient (Wildman–Crippen LogP) is -0.750. The van der Waals surface area contributed by atoms with Gasteiger partial charge in [-0.3, -0.25) is 4.57 Å². The number of nitrogens with two attached hydrogens (primary N) is 1. The third-order valence-corrected chi connectivity index (χ3v) is 6.29. The van der Waals surface area contributed by atoms with Gasteiger partial charge in [0.1, 0.15) is 37.0 Å². The molecule has 5 atom stereocenters. The van der Waals surface area contributed by atoms with Gasteiger partial charge in [0.15, 0.2) is 28.4 Å². The van der Waals surface area contributed by atoms with E-state index in [4.69, 9.17) is 20.3 Å². The molecule has 3 aromatic rings. The van der Waals surface area contributed by atoms with Crippen LogP contribution in [0.1, 0.15) is 16.6 Å². The highest BCUT2D eigenvalue weighted by molar-refractivity contribution is 7.99. The van der Waals surface area contributed by atoms with Crippen LogP contribution in [0.5, 0.6) is 5.75 Å². The molecule has 1 aliphatic heterocycles. The Kier molecular flexibility index (Phi) is 7.16. The zero-order valence-corrected chi connectivity index (χ0v) is 18.4. The van der Waals surface area contributed by atoms with Crippen molar-refractivity contribution in [2.75, 3.05) is 24.7 Å². The van der Waals surface area contributed by atoms with Crippen molar-refractivity contribution in [1.82, 2.24) is 19.5 Å². The third-order valence-electron chi connectivity index (χ3n) is 5.19. The number of benzene rings is 1. The summed E-state index contributed by atoms with van der Waals surface area (Å²) in [6, 6.07) is 5.78. The topological polar surface area (TPSA) is 206 Å². The monoisotopic (exact) mass is 493 g/mol. The van der Waals surface area contributed by atoms with Crippen LogP contribution in [-0.2, 0) is 4.74 Å². The number of hydrogen-bond acceptors (Lipinski definition) is 12. The van der Waals surface area contributed by atoms with Crippen molar-refractivity contribution in [3.05, 3.63) is 36.2 Å². The smallest absolute Gasteiger partial charge is 0.335 e. The predicted molar refractivity (Wildman–Crippen MR) is 118 cm³/mol. The second kappa shape index (κ2) is 10.1. The molecule has 14 heteroatoms. The lowest BCUT2D eigenvalue weighted by Crippen LogP contribution is -2.33. The third kappa shape index (κ3) is 4.77. The van der Waals surface area contributed by atoms with Crippen LogP contribution >= 0.6 is 11.8 Å². The first-order valence-corrected chi connectivity index (χ1v) is 11.2. The molecule has 1 saturated heterocycles. The van der Waals surface area contributed by atoms with Crippen LogP contribution in [-0.4, -0.2) is 94.4 Å². The Hall–Kier alpha value is -3.01. The first-order valence-electron chi connectivity index (χ1n) is 10.2. The number of thioether (sulfide) groups is 1. The Morgan fingerprint density at radius 2 is 1.97 bits per heavy atom. The van der Waals surface area contributed by atoms with Gasteiger partial charge in [0.05, 0.1) is 18.3 Å². The van der Waals surface area contributed by atoms with Gasteiger partial charge >= 0.3 is 5.97 Å². The van der Waals surface area contributed by atoms with Crippen molar-refractivity contribution in [2.45, 2.75) is 35.8 Å². The van der Waals surface area contributed by atoms with Gasteiger partial charge in [-0.05, 0) is 24.3 Å². The number of aromatic nitrogens is 4. The maximum Gasteiger partial charge on any atom is 0.335 e. The minimum atomic E-state index is -1.37. The van der Waals surface area contributed by atoms with E-state index in [2.05, 4.69) is 15.0 Å². The maximum absolute atomic E-state index is 10.9. The summed E-state index contributed by atoms with van der Waals surface area (Å²) in [4.78, 5) is 23.4. The molecule has 13 nitrogen and oxygen atoms in total. The largest absolute Gasteiger partial charge is 0.491 e. The highest BCUT2D eigenvalue weighted by Crippen LogP contribution is 2.36. The summed E-state index contributed by atoms with van der Waals surface area (Å²) in [5.41, 5.74) is 6.55. The zero-order valence-electron chi connectivity index (χ0n) is 17.6. The van der Waals surface area contributed by atoms with Crippen molar-refractivity contribution in [2.24, 2.45) is 0 Å². The van der Waals surface area contributed by atoms with E-state index in [1.807, 2.05) is 0 Å². The number of carbonyl (C=O) groups is 1. The van der Waals surface area contributed by atoms with Gasteiger partial charge in [0.2, 0.25) is 0 Å². The van der Waals surface area contributed by atoms with Crippen molar-refractivity contribution < 1.29 is 39.8 Å². The first-order chi connectivity index (χ1) is 16.3. The molecule has 0 unspecified atom stereocenters. The van der Waals surface area contributed by atoms with E-state index >= 15 is 0 Å². The minimum absolute atomic E-state index is 0.0740. The Labute approximate surface area is 196 Å². The van der Waals surface area contributed by atoms with Crippen LogP contribution in [0.4, 0.5) is 5.82 Å². The molecular formula is C20H23N5O8S. The summed E-state index contributed by atoms with van der Waals surface area (Å²) < 4.78 is 12.6. The van der Waals surface area contributed by atoms with E-state index in [0.717, 1.165) is 11.8 Å². The number of aliphatic hydroxyl groups excluding tert-OH is 4. The average Bonchev–Trinajstić information content (AvgIpc) is 3.34. The van der Waals surface area contributed by atoms with Gasteiger partial charge in [-0.15, -0.1) is 0 Å². The van der Waals surface area contributed by atoms with Crippen LogP contribution in [0.25, 0.3) is 11.2 Å². The van der Waals surface area contributed by atoms with Crippen molar-refractivity contribution >= 4 is 34.7 Å². The number of imidazole rings is 1. The number of aliphatic hydroxyl groups is 4. The summed E-state index contributed by atoms with van der Waals surface area (Å²) in [5.74, 6) is -0.425. The number of ether oxygens (including phenoxy) is 2. The fraction of sp³-hybridized carbons (Fsp3) is 0.400. The van der Waals surface area contributed by atoms with Gasteiger partial charge < -0.3 is 40.7 Å². The summed E-state index contributed by atoms with van der Waals surface area (Å²) in [5, 5.41) is 49.7. The molecule has 0 aliphatic carbocycles. The molecule has 3 heterocycles. The number of rotatable bonds is 9. The van der Waals surface area contributed by atoms with E-state index in [1.165, 1.54) is 35.2 Å². The van der Waals surface area contributed by atoms with Crippen LogP contribution in [0, 0.1) is 0 Å². The first kappa shape index (κ1) is 24.1. The molecule has 0 spiro atoms. The summed E-state index contributed by atoms with van der Waals surface area (Å²) >= 11 is 1.12. The maximum atomic E-state index is 10.9. The fourth-order valence-electron chi connectivity index (χ4n) is 3.44. The normalized spacial score (nSPS) is 23.3. The number of carboxylic acids is 1. The van der Waals surface area contributed by atoms with Crippen molar-refractivity contribution in [1.29, 1.82) is 0 Å². The molecule has 34 heavy (non-hydrogen) atoms. The molecule has 0 amide bonds. The van der Waals surface area contributed by atoms with Crippen molar-refractivity contribution in [3.63, 3.8) is 0 Å². The van der Waals surface area contributed by atoms with E-state index in [1.54, 1.807) is 0 Å². The molecule has 1 fully saturated rings. The highest BCUT2D eigenvalue weighted by atomic mass is 32.2. The van der Waals surface area contributed by atoms with Gasteiger partial charge in [0, 0.05) is 5.75 Å². The number of aromatic carboxylic acids is 1. The molecule has 182 valence electrons. The number of nitrogens with zero attached hydrogens (tertiary/aromatic N) is 4. The number of carboxylic acid groups (broad SMARTS) is 1. The molecule has 1 aromatic carbocycles. The van der Waals surface area contributed by atoms with Crippen LogP contribution in [0.15, 0.2) is 35.7 Å². The highest BCUT2D eigenvalue weighted by Gasteiger charge is 2.45. The lowest BCUT2D eigenvalue weighted by molar-refractivity contribution is -0.0548. The van der Waals surface area contributed by atoms with E-state index in [0.29, 0.717) is 10.9 Å². The summed E-state index contributed by atoms with van der Waals surface area (Å²) in [6.45, 7) is -0.570. The molecule has 0 radical (unpaired) electrons. The van der Waals surface area contributed by atoms with Gasteiger partial charge in [-0.25, -0.2) is 19.7 Å². The molecule has 0 saturated carbocycles. The molecule has 0 bridgehead atoms. The van der Waals surface area contributed by atoms with Crippen molar-refractivity contribution in [3.8, 4) is 5.75 Å². The van der Waals surface area contributed by atoms with E-state index in [-0.39, 0.29) is 34.9 Å². The number of nitrogen functional groups attached to an aromatic ring is 1. The summed E-state index contributed by atoms with van der Waals surface area (Å²) in [7, 11) is 0. The van der Waals surface area contributed by atoms with Gasteiger partial charge in [0.25, 0.3) is 0 Å². The lowest BCUT2D eigenvalue weighted by atomic mass is 10.1. The molecule has 7 N–H and O–H groups in total. The number of anilines is 1. The number of fused-ring (bicyclic) bond motifs is 1. The average molecular weight is 493 g/mol. The SMILES string of the molecule is Nc1ncnc2c1nc(SC[C@@H](O)COc1ccc(C(=O)O)cc1)n2[C@@H]1O[C@H](CO)[C@@H](O)[C@H]1O. The minimum Gasteiger partial charge on any atom is -0.491 e. The standard InChI is InChI=1S/C20H23N5O8S/c21-16-13-17(23-8-22-16)25(18-15(29)14(28)12(5-26)33-18)20(24-13)34-7-10(27)6-32-11-3-1-9(2-4-11)19(30)31/h1-4,8,10,12,14-15,18,26-29H,5-7H2,(H,30,31)(H2,21,22,23)/t10-,12+,14+,15+,18+/m0/s1. The van der Waals surface area contributed by atoms with Gasteiger partial charge in [-0.2, -0.15) is 0 Å². The zero-order chi connectivity index (χ0) is 24.4. The Morgan fingerprint density at radius 1 is 1.24 bits per heavy atom. The Balaban J connectivity index is 1.49. The van der Waals surface area contributed by atoms with Crippen LogP contribution < -0.4 is 10.5 Å². The second-order valence-corrected chi connectivity index (χ2v) is 8.52. The van der Waals surface area contributed by atoms with Crippen LogP contribution in [0.2, 0.25) is 0 Å².